The van der Waals surface area contributed by atoms with Crippen molar-refractivity contribution in [3.63, 3.8) is 0 Å². The Labute approximate surface area is 94.4 Å². The van der Waals surface area contributed by atoms with Gasteiger partial charge in [-0.3, -0.25) is 9.59 Å². The first kappa shape index (κ1) is 11.8. The molecule has 15 heavy (non-hydrogen) atoms. The van der Waals surface area contributed by atoms with E-state index in [-0.39, 0.29) is 16.9 Å². The number of rotatable bonds is 3. The van der Waals surface area contributed by atoms with Crippen molar-refractivity contribution in [1.82, 2.24) is 0 Å². The average Bonchev–Trinajstić information content (AvgIpc) is 2.18. The maximum Gasteiger partial charge on any atom is 0.303 e. The van der Waals surface area contributed by atoms with Crippen LogP contribution >= 0.6 is 15.9 Å². The molecule has 0 N–H and O–H groups in total. The molecular formula is C10H8BrFO3. The molecule has 0 unspecified atom stereocenters. The first-order chi connectivity index (χ1) is 7.00. The highest BCUT2D eigenvalue weighted by Crippen LogP contribution is 2.17. The van der Waals surface area contributed by atoms with E-state index in [0.717, 1.165) is 0 Å². The van der Waals surface area contributed by atoms with E-state index in [2.05, 4.69) is 20.7 Å². The molecule has 0 heterocycles. The van der Waals surface area contributed by atoms with Crippen LogP contribution in [0.5, 0.6) is 0 Å². The summed E-state index contributed by atoms with van der Waals surface area (Å²) in [5.74, 6) is -1.34. The third kappa shape index (κ3) is 3.43. The van der Waals surface area contributed by atoms with Crippen LogP contribution in [0.3, 0.4) is 0 Å². The van der Waals surface area contributed by atoms with Gasteiger partial charge in [-0.1, -0.05) is 0 Å². The molecule has 0 bridgehead atoms. The molecule has 0 atom stereocenters. The van der Waals surface area contributed by atoms with Crippen molar-refractivity contribution in [2.24, 2.45) is 0 Å². The molecule has 0 amide bonds. The van der Waals surface area contributed by atoms with Crippen LogP contribution in [-0.4, -0.2) is 18.4 Å². The normalized spacial score (nSPS) is 9.80. The highest BCUT2D eigenvalue weighted by Gasteiger charge is 2.09. The molecule has 3 nitrogen and oxygen atoms in total. The molecule has 80 valence electrons. The van der Waals surface area contributed by atoms with Gasteiger partial charge in [-0.05, 0) is 34.1 Å². The Morgan fingerprint density at radius 1 is 1.47 bits per heavy atom. The summed E-state index contributed by atoms with van der Waals surface area (Å²) in [7, 11) is 0. The summed E-state index contributed by atoms with van der Waals surface area (Å²) in [6.45, 7) is 0.890. The lowest BCUT2D eigenvalue weighted by Crippen LogP contribution is -2.11. The highest BCUT2D eigenvalue weighted by molar-refractivity contribution is 9.10. The van der Waals surface area contributed by atoms with Gasteiger partial charge in [-0.2, -0.15) is 0 Å². The lowest BCUT2D eigenvalue weighted by molar-refractivity contribution is -0.139. The van der Waals surface area contributed by atoms with Crippen molar-refractivity contribution in [3.05, 3.63) is 34.1 Å². The second kappa shape index (κ2) is 5.02. The summed E-state index contributed by atoms with van der Waals surface area (Å²) in [4.78, 5) is 21.8. The number of carbonyl (C=O) groups excluding carboxylic acids is 2. The number of Topliss-reactive ketones (excluding diaryl/α,β-unsaturated/α-hetero) is 1. The minimum absolute atomic E-state index is 0.205. The van der Waals surface area contributed by atoms with Gasteiger partial charge in [0.1, 0.15) is 5.82 Å². The minimum atomic E-state index is -0.524. The summed E-state index contributed by atoms with van der Waals surface area (Å²) in [5.41, 5.74) is 0.296. The monoisotopic (exact) mass is 274 g/mol. The van der Waals surface area contributed by atoms with Crippen LogP contribution in [0.4, 0.5) is 4.39 Å². The Kier molecular flexibility index (Phi) is 3.96. The number of benzene rings is 1. The predicted octanol–water partition coefficient (Wildman–Crippen LogP) is 2.33. The minimum Gasteiger partial charge on any atom is -0.457 e. The van der Waals surface area contributed by atoms with Crippen molar-refractivity contribution in [3.8, 4) is 0 Å². The van der Waals surface area contributed by atoms with Gasteiger partial charge in [0.15, 0.2) is 12.4 Å². The summed E-state index contributed by atoms with van der Waals surface area (Å²) < 4.78 is 17.6. The first-order valence-corrected chi connectivity index (χ1v) is 4.91. The van der Waals surface area contributed by atoms with Gasteiger partial charge in [0.2, 0.25) is 0 Å². The Morgan fingerprint density at radius 3 is 2.67 bits per heavy atom. The molecule has 0 radical (unpaired) electrons. The number of halogens is 2. The summed E-state index contributed by atoms with van der Waals surface area (Å²) in [6.07, 6.45) is 0. The average molecular weight is 275 g/mol. The molecule has 0 aliphatic rings. The van der Waals surface area contributed by atoms with E-state index >= 15 is 0 Å². The van der Waals surface area contributed by atoms with E-state index in [4.69, 9.17) is 0 Å². The van der Waals surface area contributed by atoms with Crippen LogP contribution < -0.4 is 0 Å². The van der Waals surface area contributed by atoms with Crippen LogP contribution in [0.15, 0.2) is 22.7 Å². The SMILES string of the molecule is CC(=O)OCC(=O)c1ccc(F)c(Br)c1. The predicted molar refractivity (Wildman–Crippen MR) is 55.1 cm³/mol. The molecule has 0 aromatic heterocycles. The van der Waals surface area contributed by atoms with Gasteiger partial charge >= 0.3 is 5.97 Å². The third-order valence-corrected chi connectivity index (χ3v) is 2.26. The maximum atomic E-state index is 12.8. The van der Waals surface area contributed by atoms with E-state index in [1.54, 1.807) is 0 Å². The summed E-state index contributed by atoms with van der Waals surface area (Å²) in [5, 5.41) is 0. The van der Waals surface area contributed by atoms with Gasteiger partial charge in [-0.25, -0.2) is 4.39 Å². The van der Waals surface area contributed by atoms with Gasteiger partial charge < -0.3 is 4.74 Å². The van der Waals surface area contributed by atoms with Crippen molar-refractivity contribution in [2.45, 2.75) is 6.92 Å². The Hall–Kier alpha value is -1.23. The fourth-order valence-corrected chi connectivity index (χ4v) is 1.30. The Balaban J connectivity index is 2.74. The van der Waals surface area contributed by atoms with Crippen LogP contribution in [0.2, 0.25) is 0 Å². The summed E-state index contributed by atoms with van der Waals surface area (Å²) in [6, 6.07) is 3.86. The van der Waals surface area contributed by atoms with E-state index in [9.17, 15) is 14.0 Å². The molecule has 0 fully saturated rings. The molecule has 0 saturated heterocycles. The fraction of sp³-hybridized carbons (Fsp3) is 0.200. The van der Waals surface area contributed by atoms with Crippen LogP contribution in [0.1, 0.15) is 17.3 Å². The zero-order valence-corrected chi connectivity index (χ0v) is 9.51. The molecule has 0 spiro atoms. The van der Waals surface area contributed by atoms with E-state index < -0.39 is 11.8 Å². The molecule has 1 aromatic carbocycles. The number of carbonyl (C=O) groups is 2. The lowest BCUT2D eigenvalue weighted by atomic mass is 10.1. The molecule has 0 aliphatic heterocycles. The lowest BCUT2D eigenvalue weighted by Gasteiger charge is -2.02. The van der Waals surface area contributed by atoms with Gasteiger partial charge in [-0.15, -0.1) is 0 Å². The standard InChI is InChI=1S/C10H8BrFO3/c1-6(13)15-5-10(14)7-2-3-9(12)8(11)4-7/h2-4H,5H2,1H3. The van der Waals surface area contributed by atoms with Crippen molar-refractivity contribution < 1.29 is 18.7 Å². The maximum absolute atomic E-state index is 12.8. The van der Waals surface area contributed by atoms with E-state index in [1.165, 1.54) is 25.1 Å². The third-order valence-electron chi connectivity index (χ3n) is 1.65. The number of esters is 1. The van der Waals surface area contributed by atoms with E-state index in [1.807, 2.05) is 0 Å². The molecule has 1 aromatic rings. The molecule has 0 saturated carbocycles. The molecule has 0 aliphatic carbocycles. The zero-order chi connectivity index (χ0) is 11.4. The largest absolute Gasteiger partial charge is 0.457 e. The fourth-order valence-electron chi connectivity index (χ4n) is 0.920. The van der Waals surface area contributed by atoms with Crippen molar-refractivity contribution in [2.75, 3.05) is 6.61 Å². The topological polar surface area (TPSA) is 43.4 Å². The first-order valence-electron chi connectivity index (χ1n) is 4.12. The second-order valence-electron chi connectivity index (χ2n) is 2.83. The van der Waals surface area contributed by atoms with Crippen LogP contribution in [0.25, 0.3) is 0 Å². The van der Waals surface area contributed by atoms with Crippen LogP contribution in [0, 0.1) is 5.82 Å². The number of ketones is 1. The number of hydrogen-bond acceptors (Lipinski definition) is 3. The highest BCUT2D eigenvalue weighted by atomic mass is 79.9. The van der Waals surface area contributed by atoms with Gasteiger partial charge in [0.05, 0.1) is 4.47 Å². The molecular weight excluding hydrogens is 267 g/mol. The van der Waals surface area contributed by atoms with Crippen LogP contribution in [-0.2, 0) is 9.53 Å². The zero-order valence-electron chi connectivity index (χ0n) is 7.92. The van der Waals surface area contributed by atoms with Crippen molar-refractivity contribution in [1.29, 1.82) is 0 Å². The number of hydrogen-bond donors (Lipinski definition) is 0. The van der Waals surface area contributed by atoms with Gasteiger partial charge in [0, 0.05) is 12.5 Å². The van der Waals surface area contributed by atoms with Gasteiger partial charge in [0.25, 0.3) is 0 Å². The molecule has 1 rings (SSSR count). The van der Waals surface area contributed by atoms with Crippen molar-refractivity contribution >= 4 is 27.7 Å². The molecule has 5 heteroatoms. The Morgan fingerprint density at radius 2 is 2.13 bits per heavy atom. The quantitative estimate of drug-likeness (QED) is 0.628. The second-order valence-corrected chi connectivity index (χ2v) is 3.69. The van der Waals surface area contributed by atoms with E-state index in [0.29, 0.717) is 5.56 Å². The Bertz CT molecular complexity index is 404. The smallest absolute Gasteiger partial charge is 0.303 e. The number of ether oxygens (including phenoxy) is 1. The summed E-state index contributed by atoms with van der Waals surface area (Å²) >= 11 is 2.96.